The molecule has 0 aliphatic carbocycles. The molecule has 2 amide bonds. The largest absolute Gasteiger partial charge is 0.481 e. The zero-order chi connectivity index (χ0) is 14.3. The lowest BCUT2D eigenvalue weighted by molar-refractivity contribution is -0.139. The van der Waals surface area contributed by atoms with Gasteiger partial charge in [-0.3, -0.25) is 4.79 Å². The first-order valence-corrected chi connectivity index (χ1v) is 6.70. The molecule has 1 aromatic rings. The molecular formula is C12H18N2O4S. The SMILES string of the molecule is COC(CNC(=O)NCc1sccc1C)CC(=O)O. The van der Waals surface area contributed by atoms with Crippen LogP contribution in [0.5, 0.6) is 0 Å². The summed E-state index contributed by atoms with van der Waals surface area (Å²) in [6.45, 7) is 2.61. The van der Waals surface area contributed by atoms with E-state index in [-0.39, 0.29) is 19.0 Å². The van der Waals surface area contributed by atoms with Gasteiger partial charge in [0.2, 0.25) is 0 Å². The number of thiophene rings is 1. The van der Waals surface area contributed by atoms with Crippen LogP contribution in [-0.2, 0) is 16.1 Å². The van der Waals surface area contributed by atoms with E-state index in [1.807, 2.05) is 18.4 Å². The van der Waals surface area contributed by atoms with Gasteiger partial charge >= 0.3 is 12.0 Å². The Bertz CT molecular complexity index is 433. The van der Waals surface area contributed by atoms with E-state index in [0.29, 0.717) is 6.54 Å². The molecule has 7 heteroatoms. The predicted octanol–water partition coefficient (Wildman–Crippen LogP) is 1.35. The summed E-state index contributed by atoms with van der Waals surface area (Å²) in [6.07, 6.45) is -0.660. The number of aryl methyl sites for hydroxylation is 1. The highest BCUT2D eigenvalue weighted by molar-refractivity contribution is 7.10. The number of aliphatic carboxylic acids is 1. The number of urea groups is 1. The normalized spacial score (nSPS) is 11.9. The van der Waals surface area contributed by atoms with Crippen molar-refractivity contribution in [3.05, 3.63) is 21.9 Å². The average molecular weight is 286 g/mol. The minimum atomic E-state index is -0.955. The lowest BCUT2D eigenvalue weighted by Gasteiger charge is -2.14. The van der Waals surface area contributed by atoms with Crippen molar-refractivity contribution in [2.75, 3.05) is 13.7 Å². The molecule has 0 radical (unpaired) electrons. The molecule has 106 valence electrons. The molecule has 0 aromatic carbocycles. The molecule has 1 atom stereocenters. The summed E-state index contributed by atoms with van der Waals surface area (Å²) < 4.78 is 4.96. The van der Waals surface area contributed by atoms with Gasteiger partial charge in [-0.05, 0) is 23.9 Å². The summed E-state index contributed by atoms with van der Waals surface area (Å²) in [5, 5.41) is 15.9. The number of nitrogens with one attached hydrogen (secondary N) is 2. The van der Waals surface area contributed by atoms with Crippen molar-refractivity contribution in [2.45, 2.75) is 26.0 Å². The van der Waals surface area contributed by atoms with Crippen molar-refractivity contribution in [3.63, 3.8) is 0 Å². The van der Waals surface area contributed by atoms with E-state index >= 15 is 0 Å². The maximum atomic E-state index is 11.5. The summed E-state index contributed by atoms with van der Waals surface area (Å²) in [5.41, 5.74) is 1.14. The zero-order valence-electron chi connectivity index (χ0n) is 10.9. The lowest BCUT2D eigenvalue weighted by Crippen LogP contribution is -2.40. The molecule has 1 heterocycles. The molecule has 0 aliphatic heterocycles. The number of carbonyl (C=O) groups is 2. The molecule has 19 heavy (non-hydrogen) atoms. The third kappa shape index (κ3) is 5.71. The molecule has 0 fully saturated rings. The Balaban J connectivity index is 2.27. The van der Waals surface area contributed by atoms with E-state index in [9.17, 15) is 9.59 Å². The van der Waals surface area contributed by atoms with Crippen LogP contribution >= 0.6 is 11.3 Å². The Labute approximate surface area is 115 Å². The Morgan fingerprint density at radius 3 is 2.74 bits per heavy atom. The third-order valence-corrected chi connectivity index (χ3v) is 3.63. The fraction of sp³-hybridized carbons (Fsp3) is 0.500. The Morgan fingerprint density at radius 1 is 1.47 bits per heavy atom. The number of carboxylic acids is 1. The van der Waals surface area contributed by atoms with Gasteiger partial charge in [0.05, 0.1) is 19.1 Å². The first-order valence-electron chi connectivity index (χ1n) is 5.82. The van der Waals surface area contributed by atoms with Gasteiger partial charge in [-0.1, -0.05) is 0 Å². The van der Waals surface area contributed by atoms with Crippen molar-refractivity contribution in [1.29, 1.82) is 0 Å². The number of amides is 2. The molecular weight excluding hydrogens is 268 g/mol. The lowest BCUT2D eigenvalue weighted by atomic mass is 10.2. The molecule has 0 bridgehead atoms. The molecule has 0 aliphatic rings. The molecule has 6 nitrogen and oxygen atoms in total. The van der Waals surface area contributed by atoms with E-state index in [0.717, 1.165) is 10.4 Å². The highest BCUT2D eigenvalue weighted by Crippen LogP contribution is 2.14. The van der Waals surface area contributed by atoms with Gasteiger partial charge < -0.3 is 20.5 Å². The van der Waals surface area contributed by atoms with E-state index < -0.39 is 12.1 Å². The number of hydrogen-bond acceptors (Lipinski definition) is 4. The first kappa shape index (κ1) is 15.5. The van der Waals surface area contributed by atoms with Crippen LogP contribution in [-0.4, -0.2) is 36.9 Å². The standard InChI is InChI=1S/C12H18N2O4S/c1-8-3-4-19-10(8)7-14-12(17)13-6-9(18-2)5-11(15)16/h3-4,9H,5-7H2,1-2H3,(H,15,16)(H2,13,14,17). The van der Waals surface area contributed by atoms with Crippen molar-refractivity contribution in [3.8, 4) is 0 Å². The monoisotopic (exact) mass is 286 g/mol. The molecule has 1 aromatic heterocycles. The van der Waals surface area contributed by atoms with Crippen LogP contribution in [0.1, 0.15) is 16.9 Å². The average Bonchev–Trinajstić information content (AvgIpc) is 2.77. The van der Waals surface area contributed by atoms with E-state index in [2.05, 4.69) is 10.6 Å². The minimum absolute atomic E-state index is 0.138. The van der Waals surface area contributed by atoms with Gasteiger partial charge in [0.1, 0.15) is 0 Å². The van der Waals surface area contributed by atoms with Crippen LogP contribution in [0.2, 0.25) is 0 Å². The number of methoxy groups -OCH3 is 1. The second-order valence-electron chi connectivity index (χ2n) is 4.05. The van der Waals surface area contributed by atoms with Gasteiger partial charge in [-0.15, -0.1) is 11.3 Å². The molecule has 0 spiro atoms. The Kier molecular flexibility index (Phi) is 6.31. The van der Waals surface area contributed by atoms with Crippen LogP contribution < -0.4 is 10.6 Å². The quantitative estimate of drug-likeness (QED) is 0.706. The fourth-order valence-corrected chi connectivity index (χ4v) is 2.29. The van der Waals surface area contributed by atoms with Gasteiger partial charge in [-0.25, -0.2) is 4.79 Å². The van der Waals surface area contributed by atoms with Crippen LogP contribution in [0, 0.1) is 6.92 Å². The Morgan fingerprint density at radius 2 is 2.21 bits per heavy atom. The van der Waals surface area contributed by atoms with Crippen molar-refractivity contribution < 1.29 is 19.4 Å². The number of hydrogen-bond donors (Lipinski definition) is 3. The van der Waals surface area contributed by atoms with E-state index in [1.54, 1.807) is 11.3 Å². The van der Waals surface area contributed by atoms with Gasteiger partial charge in [0.15, 0.2) is 0 Å². The second-order valence-corrected chi connectivity index (χ2v) is 5.05. The predicted molar refractivity (Wildman–Crippen MR) is 72.3 cm³/mol. The molecule has 3 N–H and O–H groups in total. The van der Waals surface area contributed by atoms with Crippen LogP contribution in [0.3, 0.4) is 0 Å². The summed E-state index contributed by atoms with van der Waals surface area (Å²) in [6, 6.07) is 1.66. The van der Waals surface area contributed by atoms with Crippen molar-refractivity contribution in [1.82, 2.24) is 10.6 Å². The number of carboxylic acid groups (broad SMARTS) is 1. The molecule has 0 saturated carbocycles. The van der Waals surface area contributed by atoms with Crippen LogP contribution in [0.25, 0.3) is 0 Å². The highest BCUT2D eigenvalue weighted by atomic mass is 32.1. The summed E-state index contributed by atoms with van der Waals surface area (Å²) in [4.78, 5) is 23.2. The molecule has 1 rings (SSSR count). The maximum absolute atomic E-state index is 11.5. The smallest absolute Gasteiger partial charge is 0.315 e. The summed E-state index contributed by atoms with van der Waals surface area (Å²) >= 11 is 1.58. The van der Waals surface area contributed by atoms with Crippen LogP contribution in [0.4, 0.5) is 4.79 Å². The molecule has 1 unspecified atom stereocenters. The Hall–Kier alpha value is -1.60. The molecule has 0 saturated heterocycles. The minimum Gasteiger partial charge on any atom is -0.481 e. The second kappa shape index (κ2) is 7.75. The van der Waals surface area contributed by atoms with Gasteiger partial charge in [-0.2, -0.15) is 0 Å². The number of ether oxygens (including phenoxy) is 1. The van der Waals surface area contributed by atoms with Crippen molar-refractivity contribution in [2.24, 2.45) is 0 Å². The van der Waals surface area contributed by atoms with Gasteiger partial charge in [0, 0.05) is 18.5 Å². The third-order valence-electron chi connectivity index (χ3n) is 2.60. The highest BCUT2D eigenvalue weighted by Gasteiger charge is 2.13. The number of carbonyl (C=O) groups excluding carboxylic acids is 1. The summed E-state index contributed by atoms with van der Waals surface area (Å²) in [7, 11) is 1.42. The first-order chi connectivity index (χ1) is 9.02. The van der Waals surface area contributed by atoms with Crippen LogP contribution in [0.15, 0.2) is 11.4 Å². The number of rotatable bonds is 7. The zero-order valence-corrected chi connectivity index (χ0v) is 11.8. The van der Waals surface area contributed by atoms with Crippen molar-refractivity contribution >= 4 is 23.3 Å². The maximum Gasteiger partial charge on any atom is 0.315 e. The fourth-order valence-electron chi connectivity index (χ4n) is 1.45. The van der Waals surface area contributed by atoms with E-state index in [4.69, 9.17) is 9.84 Å². The van der Waals surface area contributed by atoms with E-state index in [1.165, 1.54) is 7.11 Å². The van der Waals surface area contributed by atoms with Gasteiger partial charge in [0.25, 0.3) is 0 Å². The summed E-state index contributed by atoms with van der Waals surface area (Å²) in [5.74, 6) is -0.955. The topological polar surface area (TPSA) is 87.7 Å².